The molecule has 5 rings (SSSR count). The second-order valence-corrected chi connectivity index (χ2v) is 10.1. The third-order valence-electron chi connectivity index (χ3n) is 9.02. The lowest BCUT2D eigenvalue weighted by molar-refractivity contribution is -0.121. The van der Waals surface area contributed by atoms with Crippen molar-refractivity contribution in [2.24, 2.45) is 28.6 Å². The van der Waals surface area contributed by atoms with Crippen LogP contribution in [0.1, 0.15) is 64.9 Å². The highest BCUT2D eigenvalue weighted by Crippen LogP contribution is 2.65. The number of hydrogen-bond acceptors (Lipinski definition) is 2. The Morgan fingerprint density at radius 3 is 2.82 bits per heavy atom. The van der Waals surface area contributed by atoms with Crippen LogP contribution in [0, 0.1) is 28.6 Å². The summed E-state index contributed by atoms with van der Waals surface area (Å²) in [6.45, 7) is 7.26. The van der Waals surface area contributed by atoms with Gasteiger partial charge in [0.05, 0.1) is 0 Å². The van der Waals surface area contributed by atoms with Gasteiger partial charge in [-0.1, -0.05) is 31.6 Å². The molecule has 1 amide bonds. The molecule has 0 spiro atoms. The summed E-state index contributed by atoms with van der Waals surface area (Å²) in [7, 11) is 0. The number of nitrogens with zero attached hydrogens (tertiary/aromatic N) is 1. The fourth-order valence-electron chi connectivity index (χ4n) is 7.52. The van der Waals surface area contributed by atoms with Crippen molar-refractivity contribution in [2.75, 3.05) is 0 Å². The number of rotatable bonds is 1. The predicted molar refractivity (Wildman–Crippen MR) is 112 cm³/mol. The van der Waals surface area contributed by atoms with E-state index in [1.165, 1.54) is 43.2 Å². The zero-order chi connectivity index (χ0) is 19.5. The zero-order valence-corrected chi connectivity index (χ0v) is 17.4. The van der Waals surface area contributed by atoms with Crippen LogP contribution in [0.2, 0.25) is 0 Å². The SMILES string of the molecule is CC(=C1CC[C@H]2[C@@H]3CCC4NC(=O)C=C[C@]4(C)[C@H]3CC[C@]12C)c1cccnc1. The van der Waals surface area contributed by atoms with E-state index in [1.807, 2.05) is 12.4 Å². The lowest BCUT2D eigenvalue weighted by Gasteiger charge is -2.58. The third kappa shape index (κ3) is 2.47. The minimum Gasteiger partial charge on any atom is -0.349 e. The number of aromatic nitrogens is 1. The molecule has 0 saturated heterocycles. The number of amides is 1. The average molecular weight is 377 g/mol. The molecule has 1 unspecified atom stereocenters. The maximum Gasteiger partial charge on any atom is 0.243 e. The minimum atomic E-state index is 0.0970. The summed E-state index contributed by atoms with van der Waals surface area (Å²) in [5.74, 6) is 2.34. The Labute approximate surface area is 168 Å². The molecule has 0 radical (unpaired) electrons. The smallest absolute Gasteiger partial charge is 0.243 e. The van der Waals surface area contributed by atoms with E-state index in [1.54, 1.807) is 11.6 Å². The molecule has 3 aliphatic carbocycles. The molecule has 1 aliphatic heterocycles. The number of nitrogens with one attached hydrogen (secondary N) is 1. The van der Waals surface area contributed by atoms with Gasteiger partial charge in [0.15, 0.2) is 0 Å². The van der Waals surface area contributed by atoms with Crippen molar-refractivity contribution in [1.29, 1.82) is 0 Å². The highest BCUT2D eigenvalue weighted by Gasteiger charge is 2.58. The van der Waals surface area contributed by atoms with Gasteiger partial charge in [-0.15, -0.1) is 0 Å². The molecule has 1 aromatic heterocycles. The fourth-order valence-corrected chi connectivity index (χ4v) is 7.52. The summed E-state index contributed by atoms with van der Waals surface area (Å²) in [6.07, 6.45) is 15.4. The van der Waals surface area contributed by atoms with E-state index >= 15 is 0 Å². The lowest BCUT2D eigenvalue weighted by Crippen LogP contribution is -2.59. The van der Waals surface area contributed by atoms with Gasteiger partial charge in [0.1, 0.15) is 0 Å². The lowest BCUT2D eigenvalue weighted by atomic mass is 9.48. The van der Waals surface area contributed by atoms with Gasteiger partial charge in [0, 0.05) is 23.9 Å². The first-order chi connectivity index (χ1) is 13.4. The Bertz CT molecular complexity index is 857. The summed E-state index contributed by atoms with van der Waals surface area (Å²) in [5.41, 5.74) is 4.88. The monoisotopic (exact) mass is 376 g/mol. The minimum absolute atomic E-state index is 0.0970. The Morgan fingerprint density at radius 1 is 1.18 bits per heavy atom. The number of carbonyl (C=O) groups excluding carboxylic acids is 1. The van der Waals surface area contributed by atoms with Crippen molar-refractivity contribution in [2.45, 2.75) is 65.3 Å². The largest absolute Gasteiger partial charge is 0.349 e. The molecule has 1 N–H and O–H groups in total. The Morgan fingerprint density at radius 2 is 2.04 bits per heavy atom. The van der Waals surface area contributed by atoms with Gasteiger partial charge >= 0.3 is 0 Å². The van der Waals surface area contributed by atoms with E-state index in [9.17, 15) is 4.79 Å². The molecule has 148 valence electrons. The topological polar surface area (TPSA) is 42.0 Å². The summed E-state index contributed by atoms with van der Waals surface area (Å²) in [5, 5.41) is 3.27. The maximum absolute atomic E-state index is 11.9. The van der Waals surface area contributed by atoms with Gasteiger partial charge in [-0.2, -0.15) is 0 Å². The first-order valence-corrected chi connectivity index (χ1v) is 11.0. The molecule has 6 atom stereocenters. The second-order valence-electron chi connectivity index (χ2n) is 10.1. The van der Waals surface area contributed by atoms with Crippen molar-refractivity contribution in [3.63, 3.8) is 0 Å². The Balaban J connectivity index is 1.49. The number of hydrogen-bond donors (Lipinski definition) is 1. The molecule has 0 bridgehead atoms. The summed E-state index contributed by atoms with van der Waals surface area (Å²) in [4.78, 5) is 16.3. The van der Waals surface area contributed by atoms with Gasteiger partial charge in [0.2, 0.25) is 5.91 Å². The van der Waals surface area contributed by atoms with Gasteiger partial charge in [-0.3, -0.25) is 9.78 Å². The molecule has 4 aliphatic rings. The van der Waals surface area contributed by atoms with Crippen LogP contribution in [0.5, 0.6) is 0 Å². The van der Waals surface area contributed by atoms with Crippen LogP contribution in [0.3, 0.4) is 0 Å². The zero-order valence-electron chi connectivity index (χ0n) is 17.4. The molecule has 0 aromatic carbocycles. The van der Waals surface area contributed by atoms with Crippen LogP contribution in [-0.4, -0.2) is 16.9 Å². The number of fused-ring (bicyclic) bond motifs is 5. The predicted octanol–water partition coefficient (Wildman–Crippen LogP) is 5.15. The van der Waals surface area contributed by atoms with Crippen LogP contribution in [0.4, 0.5) is 0 Å². The summed E-state index contributed by atoms with van der Waals surface area (Å²) < 4.78 is 0. The third-order valence-corrected chi connectivity index (χ3v) is 9.02. The van der Waals surface area contributed by atoms with Crippen molar-refractivity contribution >= 4 is 11.5 Å². The molecule has 3 heteroatoms. The van der Waals surface area contributed by atoms with Crippen LogP contribution < -0.4 is 5.32 Å². The number of carbonyl (C=O) groups is 1. The summed E-state index contributed by atoms with van der Waals surface area (Å²) in [6, 6.07) is 4.58. The van der Waals surface area contributed by atoms with Crippen molar-refractivity contribution in [3.8, 4) is 0 Å². The molecule has 3 fully saturated rings. The Kier molecular flexibility index (Phi) is 4.08. The van der Waals surface area contributed by atoms with E-state index in [0.717, 1.165) is 18.3 Å². The van der Waals surface area contributed by atoms with Crippen LogP contribution >= 0.6 is 0 Å². The van der Waals surface area contributed by atoms with E-state index in [4.69, 9.17) is 0 Å². The van der Waals surface area contributed by atoms with Crippen LogP contribution in [0.25, 0.3) is 5.57 Å². The first kappa shape index (κ1) is 18.1. The van der Waals surface area contributed by atoms with Crippen LogP contribution in [-0.2, 0) is 4.79 Å². The molecule has 28 heavy (non-hydrogen) atoms. The molecular formula is C25H32N2O. The first-order valence-electron chi connectivity index (χ1n) is 11.0. The van der Waals surface area contributed by atoms with E-state index in [0.29, 0.717) is 17.4 Å². The van der Waals surface area contributed by atoms with Gasteiger partial charge in [-0.25, -0.2) is 0 Å². The molecule has 3 saturated carbocycles. The highest BCUT2D eigenvalue weighted by molar-refractivity contribution is 5.89. The molecule has 3 nitrogen and oxygen atoms in total. The van der Waals surface area contributed by atoms with Gasteiger partial charge in [-0.05, 0) is 91.9 Å². The average Bonchev–Trinajstić information content (AvgIpc) is 3.06. The van der Waals surface area contributed by atoms with Crippen molar-refractivity contribution in [3.05, 3.63) is 47.8 Å². The van der Waals surface area contributed by atoms with Crippen molar-refractivity contribution in [1.82, 2.24) is 10.3 Å². The van der Waals surface area contributed by atoms with Crippen molar-refractivity contribution < 1.29 is 4.79 Å². The van der Waals surface area contributed by atoms with Gasteiger partial charge < -0.3 is 5.32 Å². The van der Waals surface area contributed by atoms with Gasteiger partial charge in [0.25, 0.3) is 0 Å². The van der Waals surface area contributed by atoms with E-state index in [2.05, 4.69) is 49.3 Å². The quantitative estimate of drug-likeness (QED) is 0.736. The van der Waals surface area contributed by atoms with E-state index < -0.39 is 0 Å². The molecule has 1 aromatic rings. The van der Waals surface area contributed by atoms with Crippen LogP contribution in [0.15, 0.2) is 42.3 Å². The van der Waals surface area contributed by atoms with E-state index in [-0.39, 0.29) is 11.3 Å². The fraction of sp³-hybridized carbons (Fsp3) is 0.600. The normalized spacial score (nSPS) is 43.6. The standard InChI is InChI=1S/C25H32N2O/c1-16(17-5-4-14-26-15-17)19-7-8-20-18-6-9-22-25(3,13-11-23(28)27-22)21(18)10-12-24(19,20)2/h4-5,11,13-15,18,20-22H,6-10,12H2,1-3H3,(H,27,28)/t18-,20-,21-,22?,24+,25+/m0/s1. The maximum atomic E-state index is 11.9. The number of pyridine rings is 1. The number of allylic oxidation sites excluding steroid dienone is 2. The Hall–Kier alpha value is -1.90. The molecular weight excluding hydrogens is 344 g/mol. The summed E-state index contributed by atoms with van der Waals surface area (Å²) >= 11 is 0. The second kappa shape index (κ2) is 6.30. The highest BCUT2D eigenvalue weighted by atomic mass is 16.1. The molecule has 2 heterocycles.